The molecule has 0 bridgehead atoms. The van der Waals surface area contributed by atoms with Gasteiger partial charge in [-0.15, -0.1) is 0 Å². The van der Waals surface area contributed by atoms with Gasteiger partial charge in [0.25, 0.3) is 0 Å². The van der Waals surface area contributed by atoms with E-state index in [4.69, 9.17) is 6.57 Å². The van der Waals surface area contributed by atoms with Crippen LogP contribution in [0.3, 0.4) is 0 Å². The highest BCUT2D eigenvalue weighted by atomic mass is 16.1. The zero-order valence-corrected chi connectivity index (χ0v) is 24.2. The fourth-order valence-corrected chi connectivity index (χ4v) is 10.9. The predicted molar refractivity (Wildman–Crippen MR) is 145 cm³/mol. The van der Waals surface area contributed by atoms with Gasteiger partial charge in [0.15, 0.2) is 5.78 Å². The Balaban J connectivity index is 1.62. The Morgan fingerprint density at radius 1 is 1.00 bits per heavy atom. The highest BCUT2D eigenvalue weighted by molar-refractivity contribution is 6.00. The van der Waals surface area contributed by atoms with E-state index in [1.165, 1.54) is 0 Å². The van der Waals surface area contributed by atoms with Crippen LogP contribution < -0.4 is 0 Å². The molecule has 37 heavy (non-hydrogen) atoms. The average molecular weight is 506 g/mol. The maximum atomic E-state index is 14.5. The van der Waals surface area contributed by atoms with Gasteiger partial charge in [-0.1, -0.05) is 54.5 Å². The molecule has 5 aliphatic rings. The highest BCUT2D eigenvalue weighted by Crippen LogP contribution is 2.75. The molecule has 0 saturated heterocycles. The Hall–Kier alpha value is -1.76. The summed E-state index contributed by atoms with van der Waals surface area (Å²) in [6.07, 6.45) is 10.8. The minimum absolute atomic E-state index is 0.0198. The average Bonchev–Trinajstić information content (AvgIpc) is 2.82. The second kappa shape index (κ2) is 8.37. The van der Waals surface area contributed by atoms with E-state index < -0.39 is 0 Å². The topological polar surface area (TPSA) is 55.6 Å². The molecular weight excluding hydrogens is 458 g/mol. The first kappa shape index (κ1) is 26.8. The maximum Gasteiger partial charge on any atom is 0.226 e. The van der Waals surface area contributed by atoms with Crippen molar-refractivity contribution >= 4 is 17.3 Å². The first-order valence-corrected chi connectivity index (χ1v) is 14.9. The van der Waals surface area contributed by atoms with Crippen LogP contribution in [0.4, 0.5) is 0 Å². The van der Waals surface area contributed by atoms with E-state index in [1.807, 2.05) is 13.0 Å². The molecule has 0 spiro atoms. The highest BCUT2D eigenvalue weighted by Gasteiger charge is 2.71. The summed E-state index contributed by atoms with van der Waals surface area (Å²) in [5.41, 5.74) is -0.487. The van der Waals surface area contributed by atoms with Gasteiger partial charge in [-0.25, -0.2) is 4.85 Å². The fourth-order valence-electron chi connectivity index (χ4n) is 10.9. The minimum Gasteiger partial charge on any atom is -0.308 e. The number of hydrogen-bond donors (Lipinski definition) is 0. The molecule has 5 rings (SSSR count). The Kier molecular flexibility index (Phi) is 6.07. The van der Waals surface area contributed by atoms with Gasteiger partial charge in [-0.05, 0) is 90.8 Å². The van der Waals surface area contributed by atoms with E-state index >= 15 is 0 Å². The van der Waals surface area contributed by atoms with Crippen LogP contribution in [-0.4, -0.2) is 17.3 Å². The molecule has 0 aliphatic heterocycles. The SMILES string of the molecule is [C-]#[N+]C1=C[C@]2(C)[C@H]3CC(=O)[C@@H]4[C@@H]5CC(C)(C)CC[C@]5(C(=O)CCC)CC[C@@]4(C)[C@]3(C)CC[C@H]2[C@H](C)C1=O. The summed E-state index contributed by atoms with van der Waals surface area (Å²) in [6.45, 7) is 23.5. The van der Waals surface area contributed by atoms with Crippen LogP contribution in [0.2, 0.25) is 0 Å². The van der Waals surface area contributed by atoms with Crippen molar-refractivity contribution < 1.29 is 14.4 Å². The van der Waals surface area contributed by atoms with Gasteiger partial charge in [0, 0.05) is 30.1 Å². The molecule has 0 N–H and O–H groups in total. The number of rotatable bonds is 3. The number of allylic oxidation sites excluding steroid dienone is 2. The quantitative estimate of drug-likeness (QED) is 0.371. The van der Waals surface area contributed by atoms with E-state index in [0.717, 1.165) is 51.4 Å². The number of fused-ring (bicyclic) bond motifs is 7. The molecule has 202 valence electrons. The zero-order valence-electron chi connectivity index (χ0n) is 24.2. The van der Waals surface area contributed by atoms with Crippen molar-refractivity contribution in [3.8, 4) is 0 Å². The summed E-state index contributed by atoms with van der Waals surface area (Å²) < 4.78 is 0. The first-order chi connectivity index (χ1) is 17.2. The lowest BCUT2D eigenvalue weighted by molar-refractivity contribution is -0.218. The molecular formula is C33H47NO3. The third kappa shape index (κ3) is 3.40. The molecule has 0 aromatic rings. The Morgan fingerprint density at radius 2 is 1.68 bits per heavy atom. The Morgan fingerprint density at radius 3 is 2.32 bits per heavy atom. The van der Waals surface area contributed by atoms with Crippen molar-refractivity contribution in [2.45, 2.75) is 113 Å². The molecule has 4 saturated carbocycles. The molecule has 0 radical (unpaired) electrons. The van der Waals surface area contributed by atoms with E-state index in [-0.39, 0.29) is 68.1 Å². The summed E-state index contributed by atoms with van der Waals surface area (Å²) in [4.78, 5) is 44.9. The number of carbonyl (C=O) groups excluding carboxylic acids is 3. The monoisotopic (exact) mass is 505 g/mol. The van der Waals surface area contributed by atoms with Crippen molar-refractivity contribution in [1.82, 2.24) is 0 Å². The predicted octanol–water partition coefficient (Wildman–Crippen LogP) is 7.62. The van der Waals surface area contributed by atoms with Crippen LogP contribution >= 0.6 is 0 Å². The third-order valence-corrected chi connectivity index (χ3v) is 13.1. The van der Waals surface area contributed by atoms with Gasteiger partial charge in [-0.2, -0.15) is 0 Å². The van der Waals surface area contributed by atoms with Crippen molar-refractivity contribution in [3.63, 3.8) is 0 Å². The fraction of sp³-hybridized carbons (Fsp3) is 0.818. The van der Waals surface area contributed by atoms with E-state index in [1.54, 1.807) is 0 Å². The zero-order chi connectivity index (χ0) is 27.2. The van der Waals surface area contributed by atoms with E-state index in [0.29, 0.717) is 24.4 Å². The van der Waals surface area contributed by atoms with Crippen LogP contribution in [0.15, 0.2) is 11.8 Å². The van der Waals surface area contributed by atoms with Crippen LogP contribution in [0.25, 0.3) is 4.85 Å². The number of nitrogens with zero attached hydrogens (tertiary/aromatic N) is 1. The molecule has 0 amide bonds. The van der Waals surface area contributed by atoms with Crippen molar-refractivity contribution in [2.24, 2.45) is 56.7 Å². The summed E-state index contributed by atoms with van der Waals surface area (Å²) in [6, 6.07) is 0. The van der Waals surface area contributed by atoms with Gasteiger partial charge in [0.2, 0.25) is 5.70 Å². The molecule has 9 atom stereocenters. The Bertz CT molecular complexity index is 1110. The second-order valence-electron chi connectivity index (χ2n) is 15.1. The lowest BCUT2D eigenvalue weighted by Gasteiger charge is -2.71. The van der Waals surface area contributed by atoms with Crippen LogP contribution in [0.1, 0.15) is 113 Å². The van der Waals surface area contributed by atoms with Crippen LogP contribution in [0, 0.1) is 63.2 Å². The maximum absolute atomic E-state index is 14.5. The largest absolute Gasteiger partial charge is 0.308 e. The van der Waals surface area contributed by atoms with Gasteiger partial charge < -0.3 is 4.79 Å². The summed E-state index contributed by atoms with van der Waals surface area (Å²) in [5, 5.41) is 0. The van der Waals surface area contributed by atoms with Crippen LogP contribution in [0.5, 0.6) is 0 Å². The molecule has 0 unspecified atom stereocenters. The van der Waals surface area contributed by atoms with Gasteiger partial charge in [-0.3, -0.25) is 9.59 Å². The number of carbonyl (C=O) groups is 3. The minimum atomic E-state index is -0.335. The third-order valence-electron chi connectivity index (χ3n) is 13.1. The molecule has 5 aliphatic carbocycles. The van der Waals surface area contributed by atoms with E-state index in [9.17, 15) is 14.4 Å². The number of Topliss-reactive ketones (excluding diaryl/α,β-unsaturated/α-hetero) is 3. The standard InChI is InChI=1S/C33H47NO3/c1-9-10-26(36)33-15-13-29(3,4)18-22(33)27-24(35)17-25-30(5)19-23(34-8)28(37)20(2)21(30)11-12-31(25,6)32(27,7)14-16-33/h19-22,25,27H,9-18H2,1-7H3/t20-,21-,22-,25+,27-,30-,31+,32+,33-/m0/s1. The molecule has 4 fully saturated rings. The Labute approximate surface area is 224 Å². The van der Waals surface area contributed by atoms with Gasteiger partial charge in [0.05, 0.1) is 6.57 Å². The van der Waals surface area contributed by atoms with Crippen LogP contribution in [-0.2, 0) is 14.4 Å². The summed E-state index contributed by atoms with van der Waals surface area (Å²) in [7, 11) is 0. The molecule has 0 aromatic carbocycles. The number of hydrogen-bond acceptors (Lipinski definition) is 3. The lowest BCUT2D eigenvalue weighted by atomic mass is 9.32. The van der Waals surface area contributed by atoms with Crippen molar-refractivity contribution in [3.05, 3.63) is 23.2 Å². The molecule has 4 heteroatoms. The summed E-state index contributed by atoms with van der Waals surface area (Å²) in [5.74, 6) is 0.931. The van der Waals surface area contributed by atoms with Gasteiger partial charge >= 0.3 is 0 Å². The lowest BCUT2D eigenvalue weighted by Crippen LogP contribution is -2.68. The molecule has 0 heterocycles. The summed E-state index contributed by atoms with van der Waals surface area (Å²) >= 11 is 0. The normalized spacial score (nSPS) is 48.5. The molecule has 0 aromatic heterocycles. The van der Waals surface area contributed by atoms with Crippen molar-refractivity contribution in [1.29, 1.82) is 0 Å². The van der Waals surface area contributed by atoms with Gasteiger partial charge in [0.1, 0.15) is 11.6 Å². The smallest absolute Gasteiger partial charge is 0.226 e. The number of ketones is 3. The molecule has 4 nitrogen and oxygen atoms in total. The van der Waals surface area contributed by atoms with E-state index in [2.05, 4.69) is 46.4 Å². The second-order valence-corrected chi connectivity index (χ2v) is 15.1. The van der Waals surface area contributed by atoms with Crippen molar-refractivity contribution in [2.75, 3.05) is 0 Å². The first-order valence-electron chi connectivity index (χ1n) is 14.9.